The van der Waals surface area contributed by atoms with E-state index in [-0.39, 0.29) is 17.9 Å². The van der Waals surface area contributed by atoms with Crippen LogP contribution in [0.25, 0.3) is 0 Å². The van der Waals surface area contributed by atoms with Crippen LogP contribution in [-0.4, -0.2) is 36.7 Å². The zero-order valence-electron chi connectivity index (χ0n) is 12.6. The number of rotatable bonds is 9. The molecule has 0 aromatic heterocycles. The minimum Gasteiger partial charge on any atom is -0.478 e. The molecule has 1 rings (SSSR count). The standard InChI is InChI=1S/C16H23NO4/c1-12(2)11-21-9-5-8-17-15(18)10-13-6-3-4-7-14(13)16(19)20/h3-4,6-7,12H,5,8-11H2,1-2H3,(H,17,18)(H,19,20). The number of carbonyl (C=O) groups excluding carboxylic acids is 1. The molecule has 1 aromatic rings. The predicted octanol–water partition coefficient (Wildman–Crippen LogP) is 2.11. The van der Waals surface area contributed by atoms with Gasteiger partial charge in [0.05, 0.1) is 12.0 Å². The molecule has 0 aliphatic carbocycles. The van der Waals surface area contributed by atoms with Gasteiger partial charge < -0.3 is 15.2 Å². The van der Waals surface area contributed by atoms with Crippen molar-refractivity contribution in [3.05, 3.63) is 35.4 Å². The summed E-state index contributed by atoms with van der Waals surface area (Å²) >= 11 is 0. The Morgan fingerprint density at radius 3 is 2.67 bits per heavy atom. The fourth-order valence-corrected chi connectivity index (χ4v) is 1.84. The summed E-state index contributed by atoms with van der Waals surface area (Å²) in [6.07, 6.45) is 0.828. The largest absolute Gasteiger partial charge is 0.478 e. The highest BCUT2D eigenvalue weighted by molar-refractivity contribution is 5.91. The molecule has 0 aliphatic rings. The van der Waals surface area contributed by atoms with Gasteiger partial charge in [-0.2, -0.15) is 0 Å². The van der Waals surface area contributed by atoms with E-state index in [1.54, 1.807) is 18.2 Å². The lowest BCUT2D eigenvalue weighted by Crippen LogP contribution is -2.27. The number of hydrogen-bond donors (Lipinski definition) is 2. The minimum absolute atomic E-state index is 0.0787. The number of carbonyl (C=O) groups is 2. The Morgan fingerprint density at radius 1 is 1.29 bits per heavy atom. The van der Waals surface area contributed by atoms with Crippen molar-refractivity contribution in [2.24, 2.45) is 5.92 Å². The van der Waals surface area contributed by atoms with E-state index in [2.05, 4.69) is 19.2 Å². The minimum atomic E-state index is -1.01. The Bertz CT molecular complexity index is 471. The molecule has 0 spiro atoms. The maximum atomic E-state index is 11.8. The summed E-state index contributed by atoms with van der Waals surface area (Å²) in [7, 11) is 0. The maximum Gasteiger partial charge on any atom is 0.335 e. The van der Waals surface area contributed by atoms with Crippen molar-refractivity contribution in [2.75, 3.05) is 19.8 Å². The van der Waals surface area contributed by atoms with Crippen LogP contribution in [0.15, 0.2) is 24.3 Å². The zero-order valence-corrected chi connectivity index (χ0v) is 12.6. The average Bonchev–Trinajstić information content (AvgIpc) is 2.42. The van der Waals surface area contributed by atoms with E-state index in [4.69, 9.17) is 9.84 Å². The molecule has 21 heavy (non-hydrogen) atoms. The van der Waals surface area contributed by atoms with Crippen LogP contribution in [0.5, 0.6) is 0 Å². The van der Waals surface area contributed by atoms with Gasteiger partial charge in [0.2, 0.25) is 5.91 Å². The second kappa shape index (κ2) is 9.13. The van der Waals surface area contributed by atoms with Crippen LogP contribution in [0, 0.1) is 5.92 Å². The molecule has 0 aliphatic heterocycles. The van der Waals surface area contributed by atoms with E-state index in [0.717, 1.165) is 13.0 Å². The summed E-state index contributed by atoms with van der Waals surface area (Å²) < 4.78 is 5.42. The van der Waals surface area contributed by atoms with E-state index in [9.17, 15) is 9.59 Å². The molecule has 5 nitrogen and oxygen atoms in total. The number of amides is 1. The maximum absolute atomic E-state index is 11.8. The number of aromatic carboxylic acids is 1. The molecule has 5 heteroatoms. The summed E-state index contributed by atoms with van der Waals surface area (Å²) in [6, 6.07) is 6.55. The van der Waals surface area contributed by atoms with Crippen molar-refractivity contribution < 1.29 is 19.4 Å². The molecule has 0 bridgehead atoms. The first-order valence-corrected chi connectivity index (χ1v) is 7.16. The zero-order chi connectivity index (χ0) is 15.7. The van der Waals surface area contributed by atoms with Gasteiger partial charge in [0.1, 0.15) is 0 Å². The first-order chi connectivity index (χ1) is 10.0. The third-order valence-electron chi connectivity index (χ3n) is 2.84. The summed E-state index contributed by atoms with van der Waals surface area (Å²) in [5.74, 6) is -0.680. The SMILES string of the molecule is CC(C)COCCCNC(=O)Cc1ccccc1C(=O)O. The van der Waals surface area contributed by atoms with Gasteiger partial charge in [-0.3, -0.25) is 4.79 Å². The number of nitrogens with one attached hydrogen (secondary N) is 1. The highest BCUT2D eigenvalue weighted by Gasteiger charge is 2.11. The van der Waals surface area contributed by atoms with Crippen molar-refractivity contribution in [2.45, 2.75) is 26.7 Å². The van der Waals surface area contributed by atoms with Crippen LogP contribution >= 0.6 is 0 Å². The van der Waals surface area contributed by atoms with E-state index in [1.807, 2.05) is 0 Å². The molecule has 0 radical (unpaired) electrons. The smallest absolute Gasteiger partial charge is 0.335 e. The van der Waals surface area contributed by atoms with Gasteiger partial charge in [0, 0.05) is 19.8 Å². The van der Waals surface area contributed by atoms with Crippen LogP contribution in [0.4, 0.5) is 0 Å². The van der Waals surface area contributed by atoms with Crippen LogP contribution in [0.3, 0.4) is 0 Å². The Kier molecular flexibility index (Phi) is 7.46. The highest BCUT2D eigenvalue weighted by atomic mass is 16.5. The number of hydrogen-bond acceptors (Lipinski definition) is 3. The molecule has 2 N–H and O–H groups in total. The van der Waals surface area contributed by atoms with E-state index >= 15 is 0 Å². The van der Waals surface area contributed by atoms with Crippen LogP contribution < -0.4 is 5.32 Å². The third kappa shape index (κ3) is 6.90. The predicted molar refractivity (Wildman–Crippen MR) is 80.4 cm³/mol. The van der Waals surface area contributed by atoms with Gasteiger partial charge in [0.25, 0.3) is 0 Å². The number of carboxylic acids is 1. The van der Waals surface area contributed by atoms with Crippen molar-refractivity contribution in [3.63, 3.8) is 0 Å². The van der Waals surface area contributed by atoms with E-state index in [1.165, 1.54) is 6.07 Å². The fraction of sp³-hybridized carbons (Fsp3) is 0.500. The number of ether oxygens (including phenoxy) is 1. The lowest BCUT2D eigenvalue weighted by atomic mass is 10.0. The molecular weight excluding hydrogens is 270 g/mol. The molecule has 0 saturated carbocycles. The van der Waals surface area contributed by atoms with Crippen molar-refractivity contribution in [1.29, 1.82) is 0 Å². The van der Waals surface area contributed by atoms with Gasteiger partial charge >= 0.3 is 5.97 Å². The monoisotopic (exact) mass is 293 g/mol. The summed E-state index contributed by atoms with van der Waals surface area (Å²) in [6.45, 7) is 6.04. The Hall–Kier alpha value is -1.88. The van der Waals surface area contributed by atoms with Crippen molar-refractivity contribution in [3.8, 4) is 0 Å². The molecule has 0 fully saturated rings. The summed E-state index contributed by atoms with van der Waals surface area (Å²) in [4.78, 5) is 22.8. The summed E-state index contributed by atoms with van der Waals surface area (Å²) in [5.41, 5.74) is 0.700. The fourth-order valence-electron chi connectivity index (χ4n) is 1.84. The third-order valence-corrected chi connectivity index (χ3v) is 2.84. The lowest BCUT2D eigenvalue weighted by Gasteiger charge is -2.09. The lowest BCUT2D eigenvalue weighted by molar-refractivity contribution is -0.120. The first-order valence-electron chi connectivity index (χ1n) is 7.16. The molecule has 0 unspecified atom stereocenters. The van der Waals surface area contributed by atoms with Gasteiger partial charge in [-0.25, -0.2) is 4.79 Å². The van der Waals surface area contributed by atoms with Crippen LogP contribution in [-0.2, 0) is 16.0 Å². The normalized spacial score (nSPS) is 10.6. The molecule has 0 atom stereocenters. The van der Waals surface area contributed by atoms with Gasteiger partial charge in [-0.15, -0.1) is 0 Å². The molecule has 0 saturated heterocycles. The number of carboxylic acid groups (broad SMARTS) is 1. The van der Waals surface area contributed by atoms with Crippen LogP contribution in [0.1, 0.15) is 36.2 Å². The topological polar surface area (TPSA) is 75.6 Å². The Balaban J connectivity index is 2.30. The Morgan fingerprint density at radius 2 is 2.00 bits per heavy atom. The van der Waals surface area contributed by atoms with Crippen LogP contribution in [0.2, 0.25) is 0 Å². The molecule has 1 aromatic carbocycles. The van der Waals surface area contributed by atoms with Gasteiger partial charge in [-0.05, 0) is 24.0 Å². The van der Waals surface area contributed by atoms with Crippen molar-refractivity contribution in [1.82, 2.24) is 5.32 Å². The highest BCUT2D eigenvalue weighted by Crippen LogP contribution is 2.09. The average molecular weight is 293 g/mol. The van der Waals surface area contributed by atoms with Crippen molar-refractivity contribution >= 4 is 11.9 Å². The quantitative estimate of drug-likeness (QED) is 0.684. The van der Waals surface area contributed by atoms with E-state index < -0.39 is 5.97 Å². The summed E-state index contributed by atoms with van der Waals surface area (Å²) in [5, 5.41) is 11.8. The molecule has 1 amide bonds. The molecule has 116 valence electrons. The number of benzene rings is 1. The van der Waals surface area contributed by atoms with E-state index in [0.29, 0.717) is 24.6 Å². The second-order valence-corrected chi connectivity index (χ2v) is 5.31. The molecular formula is C16H23NO4. The van der Waals surface area contributed by atoms with Gasteiger partial charge in [0.15, 0.2) is 0 Å². The first kappa shape index (κ1) is 17.2. The van der Waals surface area contributed by atoms with Gasteiger partial charge in [-0.1, -0.05) is 32.0 Å². The Labute approximate surface area is 125 Å². The second-order valence-electron chi connectivity index (χ2n) is 5.31. The molecule has 0 heterocycles.